The molecule has 1 aliphatic rings. The van der Waals surface area contributed by atoms with Gasteiger partial charge in [-0.05, 0) is 18.5 Å². The van der Waals surface area contributed by atoms with Gasteiger partial charge in [-0.1, -0.05) is 25.1 Å². The van der Waals surface area contributed by atoms with Crippen LogP contribution in [0.25, 0.3) is 0 Å². The standard InChI is InChI=1S/C14H19FN2O/c1-10-7-16-8-12(10)14(18)17(2)9-11-5-3-4-6-13(11)15/h3-6,10,12,16H,7-9H2,1-2H3/t10-,12-/m1/s1. The van der Waals surface area contributed by atoms with Gasteiger partial charge in [0.2, 0.25) is 5.91 Å². The summed E-state index contributed by atoms with van der Waals surface area (Å²) in [5.74, 6) is 0.202. The van der Waals surface area contributed by atoms with Gasteiger partial charge in [-0.2, -0.15) is 0 Å². The molecule has 2 atom stereocenters. The number of benzene rings is 1. The topological polar surface area (TPSA) is 32.3 Å². The molecule has 1 amide bonds. The number of halogens is 1. The number of hydrogen-bond acceptors (Lipinski definition) is 2. The minimum Gasteiger partial charge on any atom is -0.341 e. The Morgan fingerprint density at radius 2 is 2.17 bits per heavy atom. The molecule has 1 N–H and O–H groups in total. The van der Waals surface area contributed by atoms with Crippen molar-refractivity contribution in [2.45, 2.75) is 13.5 Å². The van der Waals surface area contributed by atoms with E-state index in [1.807, 2.05) is 0 Å². The molecule has 1 aromatic carbocycles. The van der Waals surface area contributed by atoms with Crippen molar-refractivity contribution in [1.82, 2.24) is 10.2 Å². The number of nitrogens with one attached hydrogen (secondary N) is 1. The molecule has 0 spiro atoms. The predicted molar refractivity (Wildman–Crippen MR) is 68.4 cm³/mol. The monoisotopic (exact) mass is 250 g/mol. The number of carbonyl (C=O) groups excluding carboxylic acids is 1. The van der Waals surface area contributed by atoms with E-state index >= 15 is 0 Å². The van der Waals surface area contributed by atoms with Crippen LogP contribution in [0.5, 0.6) is 0 Å². The van der Waals surface area contributed by atoms with E-state index < -0.39 is 0 Å². The summed E-state index contributed by atoms with van der Waals surface area (Å²) >= 11 is 0. The highest BCUT2D eigenvalue weighted by molar-refractivity contribution is 5.79. The molecular weight excluding hydrogens is 231 g/mol. The van der Waals surface area contributed by atoms with Gasteiger partial charge in [0.25, 0.3) is 0 Å². The van der Waals surface area contributed by atoms with Crippen molar-refractivity contribution in [3.05, 3.63) is 35.6 Å². The van der Waals surface area contributed by atoms with Gasteiger partial charge < -0.3 is 10.2 Å². The second kappa shape index (κ2) is 5.48. The molecule has 1 heterocycles. The number of hydrogen-bond donors (Lipinski definition) is 1. The highest BCUT2D eigenvalue weighted by Crippen LogP contribution is 2.19. The average Bonchev–Trinajstić information content (AvgIpc) is 2.77. The van der Waals surface area contributed by atoms with Crippen LogP contribution in [0.2, 0.25) is 0 Å². The zero-order valence-corrected chi connectivity index (χ0v) is 10.8. The van der Waals surface area contributed by atoms with E-state index in [2.05, 4.69) is 12.2 Å². The molecule has 0 saturated carbocycles. The highest BCUT2D eigenvalue weighted by atomic mass is 19.1. The predicted octanol–water partition coefficient (Wildman–Crippen LogP) is 1.64. The Hall–Kier alpha value is -1.42. The minimum absolute atomic E-state index is 0.0155. The van der Waals surface area contributed by atoms with Gasteiger partial charge in [0, 0.05) is 25.7 Å². The molecular formula is C14H19FN2O. The summed E-state index contributed by atoms with van der Waals surface area (Å²) in [5, 5.41) is 3.21. The van der Waals surface area contributed by atoms with E-state index in [9.17, 15) is 9.18 Å². The van der Waals surface area contributed by atoms with E-state index in [-0.39, 0.29) is 17.6 Å². The smallest absolute Gasteiger partial charge is 0.227 e. The molecule has 1 aliphatic heterocycles. The quantitative estimate of drug-likeness (QED) is 0.884. The first-order valence-electron chi connectivity index (χ1n) is 6.28. The maximum absolute atomic E-state index is 13.5. The van der Waals surface area contributed by atoms with Crippen LogP contribution < -0.4 is 5.32 Å². The molecule has 1 aromatic rings. The third-order valence-corrected chi connectivity index (χ3v) is 3.58. The Bertz CT molecular complexity index is 436. The van der Waals surface area contributed by atoms with Crippen molar-refractivity contribution in [2.24, 2.45) is 11.8 Å². The summed E-state index contributed by atoms with van der Waals surface area (Å²) in [5.41, 5.74) is 0.562. The summed E-state index contributed by atoms with van der Waals surface area (Å²) in [4.78, 5) is 13.9. The molecule has 0 bridgehead atoms. The maximum atomic E-state index is 13.5. The minimum atomic E-state index is -0.255. The van der Waals surface area contributed by atoms with Crippen molar-refractivity contribution in [3.63, 3.8) is 0 Å². The van der Waals surface area contributed by atoms with Crippen molar-refractivity contribution in [3.8, 4) is 0 Å². The van der Waals surface area contributed by atoms with Crippen LogP contribution >= 0.6 is 0 Å². The first-order chi connectivity index (χ1) is 8.59. The fourth-order valence-electron chi connectivity index (χ4n) is 2.38. The van der Waals surface area contributed by atoms with Gasteiger partial charge in [0.05, 0.1) is 5.92 Å². The fraction of sp³-hybridized carbons (Fsp3) is 0.500. The van der Waals surface area contributed by atoms with Crippen molar-refractivity contribution in [2.75, 3.05) is 20.1 Å². The second-order valence-electron chi connectivity index (χ2n) is 5.03. The zero-order chi connectivity index (χ0) is 13.1. The van der Waals surface area contributed by atoms with Gasteiger partial charge in [0.15, 0.2) is 0 Å². The first-order valence-corrected chi connectivity index (χ1v) is 6.28. The Kier molecular flexibility index (Phi) is 3.97. The Labute approximate surface area is 107 Å². The van der Waals surface area contributed by atoms with Crippen molar-refractivity contribution in [1.29, 1.82) is 0 Å². The van der Waals surface area contributed by atoms with Crippen LogP contribution in [-0.2, 0) is 11.3 Å². The molecule has 4 heteroatoms. The molecule has 0 aliphatic carbocycles. The summed E-state index contributed by atoms with van der Waals surface area (Å²) in [7, 11) is 1.74. The SMILES string of the molecule is C[C@@H]1CNC[C@H]1C(=O)N(C)Cc1ccccc1F. The molecule has 0 aromatic heterocycles. The molecule has 2 rings (SSSR count). The van der Waals surface area contributed by atoms with Gasteiger partial charge in [-0.15, -0.1) is 0 Å². The van der Waals surface area contributed by atoms with Crippen LogP contribution in [0.15, 0.2) is 24.3 Å². The van der Waals surface area contributed by atoms with Gasteiger partial charge in [-0.3, -0.25) is 4.79 Å². The molecule has 3 nitrogen and oxygen atoms in total. The summed E-state index contributed by atoms with van der Waals surface area (Å²) in [6.07, 6.45) is 0. The van der Waals surface area contributed by atoms with Crippen LogP contribution in [-0.4, -0.2) is 30.9 Å². The van der Waals surface area contributed by atoms with E-state index in [0.29, 0.717) is 18.0 Å². The van der Waals surface area contributed by atoms with Crippen LogP contribution in [0.4, 0.5) is 4.39 Å². The summed E-state index contributed by atoms with van der Waals surface area (Å²) in [6, 6.07) is 6.59. The molecule has 1 fully saturated rings. The third-order valence-electron chi connectivity index (χ3n) is 3.58. The normalized spacial score (nSPS) is 23.1. The van der Waals surface area contributed by atoms with Gasteiger partial charge in [0.1, 0.15) is 5.82 Å². The molecule has 0 radical (unpaired) electrons. The summed E-state index contributed by atoms with van der Waals surface area (Å²) < 4.78 is 13.5. The Morgan fingerprint density at radius 1 is 1.44 bits per heavy atom. The molecule has 98 valence electrons. The number of rotatable bonds is 3. The van der Waals surface area contributed by atoms with Gasteiger partial charge in [-0.25, -0.2) is 4.39 Å². The zero-order valence-electron chi connectivity index (χ0n) is 10.8. The molecule has 1 saturated heterocycles. The number of nitrogens with zero attached hydrogens (tertiary/aromatic N) is 1. The molecule has 18 heavy (non-hydrogen) atoms. The van der Waals surface area contributed by atoms with Crippen molar-refractivity contribution >= 4 is 5.91 Å². The summed E-state index contributed by atoms with van der Waals surface area (Å²) in [6.45, 7) is 4.00. The van der Waals surface area contributed by atoms with Crippen molar-refractivity contribution < 1.29 is 9.18 Å². The Balaban J connectivity index is 2.01. The Morgan fingerprint density at radius 3 is 2.78 bits per heavy atom. The lowest BCUT2D eigenvalue weighted by Crippen LogP contribution is -2.35. The van der Waals surface area contributed by atoms with Crippen LogP contribution in [0, 0.1) is 17.7 Å². The maximum Gasteiger partial charge on any atom is 0.227 e. The first kappa shape index (κ1) is 13.0. The fourth-order valence-corrected chi connectivity index (χ4v) is 2.38. The van der Waals surface area contributed by atoms with Crippen LogP contribution in [0.3, 0.4) is 0 Å². The molecule has 0 unspecified atom stereocenters. The number of carbonyl (C=O) groups is 1. The lowest BCUT2D eigenvalue weighted by Gasteiger charge is -2.23. The largest absolute Gasteiger partial charge is 0.341 e. The second-order valence-corrected chi connectivity index (χ2v) is 5.03. The van der Waals surface area contributed by atoms with E-state index in [4.69, 9.17) is 0 Å². The van der Waals surface area contributed by atoms with E-state index in [1.54, 1.807) is 30.1 Å². The average molecular weight is 250 g/mol. The lowest BCUT2D eigenvalue weighted by molar-refractivity contribution is -0.135. The highest BCUT2D eigenvalue weighted by Gasteiger charge is 2.31. The van der Waals surface area contributed by atoms with E-state index in [0.717, 1.165) is 13.1 Å². The van der Waals surface area contributed by atoms with Gasteiger partial charge >= 0.3 is 0 Å². The third kappa shape index (κ3) is 2.70. The van der Waals surface area contributed by atoms with E-state index in [1.165, 1.54) is 6.07 Å². The number of amides is 1. The lowest BCUT2D eigenvalue weighted by atomic mass is 9.96. The van der Waals surface area contributed by atoms with Crippen LogP contribution in [0.1, 0.15) is 12.5 Å².